The number of hydrogen-bond donors (Lipinski definition) is 0. The van der Waals surface area contributed by atoms with Gasteiger partial charge < -0.3 is 9.30 Å². The molecule has 0 unspecified atom stereocenters. The number of hydrogen-bond acceptors (Lipinski definition) is 2. The van der Waals surface area contributed by atoms with E-state index in [0.717, 1.165) is 27.8 Å². The van der Waals surface area contributed by atoms with Gasteiger partial charge in [0.1, 0.15) is 6.61 Å². The van der Waals surface area contributed by atoms with Crippen molar-refractivity contribution in [3.63, 3.8) is 0 Å². The van der Waals surface area contributed by atoms with Gasteiger partial charge in [0.15, 0.2) is 0 Å². The van der Waals surface area contributed by atoms with Gasteiger partial charge in [-0.05, 0) is 48.9 Å². The van der Waals surface area contributed by atoms with Crippen LogP contribution in [-0.2, 0) is 16.1 Å². The molecule has 0 fully saturated rings. The average Bonchev–Trinajstić information content (AvgIpc) is 2.81. The molecule has 3 nitrogen and oxygen atoms in total. The monoisotopic (exact) mass is 299 g/mol. The van der Waals surface area contributed by atoms with Crippen molar-refractivity contribution in [1.82, 2.24) is 4.57 Å². The topological polar surface area (TPSA) is 31.2 Å². The van der Waals surface area contributed by atoms with Crippen molar-refractivity contribution in [3.8, 4) is 5.69 Å². The lowest BCUT2D eigenvalue weighted by Gasteiger charge is -2.09. The summed E-state index contributed by atoms with van der Waals surface area (Å²) in [5.74, 6) is 0. The van der Waals surface area contributed by atoms with Gasteiger partial charge in [0, 0.05) is 21.8 Å². The minimum absolute atomic E-state index is 0.282. The van der Waals surface area contributed by atoms with E-state index in [-0.39, 0.29) is 6.61 Å². The molecule has 3 rings (SSSR count). The minimum atomic E-state index is 0.282. The Kier molecular flexibility index (Phi) is 3.67. The number of ether oxygens (including phenoxy) is 1. The van der Waals surface area contributed by atoms with Gasteiger partial charge in [-0.1, -0.05) is 23.7 Å². The molecule has 0 radical (unpaired) electrons. The Bertz CT molecular complexity index is 790. The van der Waals surface area contributed by atoms with Gasteiger partial charge >= 0.3 is 0 Å². The quantitative estimate of drug-likeness (QED) is 0.674. The Morgan fingerprint density at radius 3 is 2.62 bits per heavy atom. The molecule has 1 heterocycles. The first kappa shape index (κ1) is 13.7. The highest BCUT2D eigenvalue weighted by Crippen LogP contribution is 2.26. The number of halogens is 1. The molecule has 0 aliphatic rings. The second-order valence-corrected chi connectivity index (χ2v) is 5.33. The van der Waals surface area contributed by atoms with Crippen LogP contribution in [-0.4, -0.2) is 11.0 Å². The van der Waals surface area contributed by atoms with Crippen LogP contribution in [0.15, 0.2) is 48.5 Å². The van der Waals surface area contributed by atoms with Gasteiger partial charge in [-0.3, -0.25) is 4.79 Å². The number of aromatic nitrogens is 1. The van der Waals surface area contributed by atoms with E-state index in [1.54, 1.807) is 0 Å². The first-order valence-electron chi connectivity index (χ1n) is 6.61. The van der Waals surface area contributed by atoms with Crippen LogP contribution >= 0.6 is 11.6 Å². The third-order valence-corrected chi connectivity index (χ3v) is 3.71. The summed E-state index contributed by atoms with van der Waals surface area (Å²) in [6.45, 7) is 2.81. The number of fused-ring (bicyclic) bond motifs is 1. The number of benzene rings is 2. The summed E-state index contributed by atoms with van der Waals surface area (Å²) in [5, 5.41) is 1.87. The number of carbonyl (C=O) groups excluding carboxylic acids is 1. The molecule has 106 valence electrons. The first-order chi connectivity index (χ1) is 10.2. The number of aryl methyl sites for hydroxylation is 1. The maximum Gasteiger partial charge on any atom is 0.293 e. The Labute approximate surface area is 127 Å². The molecule has 0 amide bonds. The fourth-order valence-electron chi connectivity index (χ4n) is 2.54. The summed E-state index contributed by atoms with van der Waals surface area (Å²) in [6, 6.07) is 15.9. The van der Waals surface area contributed by atoms with Crippen molar-refractivity contribution in [3.05, 3.63) is 64.8 Å². The predicted octanol–water partition coefficient (Wildman–Crippen LogP) is 4.27. The summed E-state index contributed by atoms with van der Waals surface area (Å²) < 4.78 is 6.99. The molecule has 2 aromatic carbocycles. The van der Waals surface area contributed by atoms with Crippen LogP contribution in [0.4, 0.5) is 0 Å². The number of nitrogens with zero attached hydrogens (tertiary/aromatic N) is 1. The van der Waals surface area contributed by atoms with E-state index in [4.69, 9.17) is 16.3 Å². The van der Waals surface area contributed by atoms with Crippen LogP contribution in [0.25, 0.3) is 16.6 Å². The molecule has 3 aromatic rings. The third-order valence-electron chi connectivity index (χ3n) is 3.46. The Morgan fingerprint density at radius 2 is 1.90 bits per heavy atom. The smallest absolute Gasteiger partial charge is 0.293 e. The highest BCUT2D eigenvalue weighted by Gasteiger charge is 2.08. The number of rotatable bonds is 4. The van der Waals surface area contributed by atoms with Crippen LogP contribution in [0.3, 0.4) is 0 Å². The van der Waals surface area contributed by atoms with Gasteiger partial charge in [-0.2, -0.15) is 0 Å². The normalized spacial score (nSPS) is 10.8. The third kappa shape index (κ3) is 2.65. The molecule has 0 aliphatic heterocycles. The zero-order valence-corrected chi connectivity index (χ0v) is 12.3. The van der Waals surface area contributed by atoms with Gasteiger partial charge in [0.25, 0.3) is 6.47 Å². The first-order valence-corrected chi connectivity index (χ1v) is 6.99. The lowest BCUT2D eigenvalue weighted by molar-refractivity contribution is -0.129. The molecule has 0 saturated heterocycles. The van der Waals surface area contributed by atoms with Crippen LogP contribution in [0, 0.1) is 6.92 Å². The van der Waals surface area contributed by atoms with Gasteiger partial charge in [-0.15, -0.1) is 0 Å². The van der Waals surface area contributed by atoms with E-state index in [2.05, 4.69) is 17.6 Å². The molecular weight excluding hydrogens is 286 g/mol. The average molecular weight is 300 g/mol. The molecule has 1 aromatic heterocycles. The molecule has 0 saturated carbocycles. The van der Waals surface area contributed by atoms with E-state index in [1.165, 1.54) is 0 Å². The fourth-order valence-corrected chi connectivity index (χ4v) is 2.66. The van der Waals surface area contributed by atoms with E-state index in [1.807, 2.05) is 42.5 Å². The molecule has 0 spiro atoms. The van der Waals surface area contributed by atoms with Crippen molar-refractivity contribution in [2.24, 2.45) is 0 Å². The Hall–Kier alpha value is -2.26. The molecule has 0 aliphatic carbocycles. The summed E-state index contributed by atoms with van der Waals surface area (Å²) >= 11 is 5.95. The standard InChI is InChI=1S/C17H14ClNO2/c1-12-8-14-3-2-13(10-21-11-20)9-17(14)19(12)16-6-4-15(18)5-7-16/h2-9,11H,10H2,1H3. The van der Waals surface area contributed by atoms with E-state index >= 15 is 0 Å². The van der Waals surface area contributed by atoms with Crippen LogP contribution in [0.1, 0.15) is 11.3 Å². The molecule has 4 heteroatoms. The van der Waals surface area contributed by atoms with Crippen molar-refractivity contribution in [1.29, 1.82) is 0 Å². The highest BCUT2D eigenvalue weighted by atomic mass is 35.5. The van der Waals surface area contributed by atoms with Crippen LogP contribution in [0.5, 0.6) is 0 Å². The second kappa shape index (κ2) is 5.62. The van der Waals surface area contributed by atoms with E-state index in [0.29, 0.717) is 11.5 Å². The maximum atomic E-state index is 10.3. The minimum Gasteiger partial charge on any atom is -0.463 e. The van der Waals surface area contributed by atoms with E-state index < -0.39 is 0 Å². The molecule has 0 atom stereocenters. The zero-order chi connectivity index (χ0) is 14.8. The van der Waals surface area contributed by atoms with Crippen molar-refractivity contribution >= 4 is 29.0 Å². The van der Waals surface area contributed by atoms with Crippen molar-refractivity contribution in [2.45, 2.75) is 13.5 Å². The SMILES string of the molecule is Cc1cc2ccc(COC=O)cc2n1-c1ccc(Cl)cc1. The number of carbonyl (C=O) groups is 1. The Morgan fingerprint density at radius 1 is 1.14 bits per heavy atom. The summed E-state index contributed by atoms with van der Waals surface area (Å²) in [7, 11) is 0. The highest BCUT2D eigenvalue weighted by molar-refractivity contribution is 6.30. The molecular formula is C17H14ClNO2. The maximum absolute atomic E-state index is 10.3. The van der Waals surface area contributed by atoms with Gasteiger partial charge in [0.2, 0.25) is 0 Å². The van der Waals surface area contributed by atoms with E-state index in [9.17, 15) is 4.79 Å². The van der Waals surface area contributed by atoms with Crippen molar-refractivity contribution < 1.29 is 9.53 Å². The lowest BCUT2D eigenvalue weighted by atomic mass is 10.2. The van der Waals surface area contributed by atoms with Gasteiger partial charge in [-0.25, -0.2) is 0 Å². The lowest BCUT2D eigenvalue weighted by Crippen LogP contribution is -1.97. The molecule has 21 heavy (non-hydrogen) atoms. The predicted molar refractivity (Wildman–Crippen MR) is 83.9 cm³/mol. The fraction of sp³-hybridized carbons (Fsp3) is 0.118. The largest absolute Gasteiger partial charge is 0.463 e. The van der Waals surface area contributed by atoms with Gasteiger partial charge in [0.05, 0.1) is 5.52 Å². The van der Waals surface area contributed by atoms with Crippen LogP contribution < -0.4 is 0 Å². The second-order valence-electron chi connectivity index (χ2n) is 4.90. The zero-order valence-electron chi connectivity index (χ0n) is 11.5. The molecule has 0 bridgehead atoms. The van der Waals surface area contributed by atoms with Crippen LogP contribution in [0.2, 0.25) is 5.02 Å². The molecule has 0 N–H and O–H groups in total. The summed E-state index contributed by atoms with van der Waals surface area (Å²) in [6.07, 6.45) is 0. The summed E-state index contributed by atoms with van der Waals surface area (Å²) in [4.78, 5) is 10.3. The van der Waals surface area contributed by atoms with Crippen molar-refractivity contribution in [2.75, 3.05) is 0 Å². The Balaban J connectivity index is 2.13. The summed E-state index contributed by atoms with van der Waals surface area (Å²) in [5.41, 5.74) is 4.24.